The first kappa shape index (κ1) is 26.0. The number of para-hydroxylation sites is 1. The van der Waals surface area contributed by atoms with E-state index in [0.29, 0.717) is 6.42 Å². The molecule has 0 spiro atoms. The van der Waals surface area contributed by atoms with Gasteiger partial charge in [0.2, 0.25) is 21.8 Å². The third-order valence-electron chi connectivity index (χ3n) is 6.15. The number of anilines is 1. The maximum atomic E-state index is 13.5. The fourth-order valence-electron chi connectivity index (χ4n) is 4.21. The van der Waals surface area contributed by atoms with Gasteiger partial charge in [-0.05, 0) is 43.9 Å². The molecule has 1 aliphatic carbocycles. The Balaban J connectivity index is 1.82. The lowest BCUT2D eigenvalue weighted by molar-refractivity contribution is -0.139. The standard InChI is InChI=1S/C25H32ClN3O4S/c1-19(25(31)27-21-12-6-7-13-21)28(17-16-20-10-4-3-5-11-20)24(30)18-29(34(2,32)33)23-15-9-8-14-22(23)26/h3-5,8-11,14-15,19,21H,6-7,12-13,16-18H2,1-2H3,(H,27,31). The fourth-order valence-corrected chi connectivity index (χ4v) is 5.36. The minimum atomic E-state index is -3.80. The molecule has 1 fully saturated rings. The van der Waals surface area contributed by atoms with Gasteiger partial charge in [-0.1, -0.05) is 66.9 Å². The molecule has 0 radical (unpaired) electrons. The van der Waals surface area contributed by atoms with Gasteiger partial charge in [0.05, 0.1) is 17.0 Å². The zero-order valence-electron chi connectivity index (χ0n) is 19.6. The highest BCUT2D eigenvalue weighted by Crippen LogP contribution is 2.27. The van der Waals surface area contributed by atoms with E-state index in [-0.39, 0.29) is 29.2 Å². The number of halogens is 1. The molecule has 3 rings (SSSR count). The molecule has 0 heterocycles. The predicted molar refractivity (Wildman–Crippen MR) is 135 cm³/mol. The Kier molecular flexibility index (Phi) is 8.97. The summed E-state index contributed by atoms with van der Waals surface area (Å²) >= 11 is 6.24. The van der Waals surface area contributed by atoms with Gasteiger partial charge in [-0.15, -0.1) is 0 Å². The van der Waals surface area contributed by atoms with Gasteiger partial charge >= 0.3 is 0 Å². The monoisotopic (exact) mass is 505 g/mol. The molecular formula is C25H32ClN3O4S. The number of benzene rings is 2. The molecule has 2 aromatic rings. The first-order valence-corrected chi connectivity index (χ1v) is 13.8. The van der Waals surface area contributed by atoms with Crippen molar-refractivity contribution in [2.45, 2.75) is 51.1 Å². The van der Waals surface area contributed by atoms with Crippen LogP contribution in [0.2, 0.25) is 5.02 Å². The summed E-state index contributed by atoms with van der Waals surface area (Å²) in [6, 6.07) is 15.5. The summed E-state index contributed by atoms with van der Waals surface area (Å²) in [5.41, 5.74) is 1.25. The average Bonchev–Trinajstić information content (AvgIpc) is 3.31. The predicted octanol–water partition coefficient (Wildman–Crippen LogP) is 3.62. The van der Waals surface area contributed by atoms with E-state index < -0.39 is 28.5 Å². The number of hydrogen-bond acceptors (Lipinski definition) is 4. The third kappa shape index (κ3) is 6.96. The number of rotatable bonds is 10. The number of sulfonamides is 1. The minimum Gasteiger partial charge on any atom is -0.352 e. The maximum Gasteiger partial charge on any atom is 0.244 e. The quantitative estimate of drug-likeness (QED) is 0.534. The van der Waals surface area contributed by atoms with Crippen molar-refractivity contribution in [3.63, 3.8) is 0 Å². The highest BCUT2D eigenvalue weighted by Gasteiger charge is 2.31. The molecule has 1 N–H and O–H groups in total. The maximum absolute atomic E-state index is 13.5. The highest BCUT2D eigenvalue weighted by molar-refractivity contribution is 7.92. The van der Waals surface area contributed by atoms with Gasteiger partial charge in [-0.25, -0.2) is 8.42 Å². The van der Waals surface area contributed by atoms with E-state index in [1.54, 1.807) is 31.2 Å². The molecule has 184 valence electrons. The number of carbonyl (C=O) groups is 2. The Morgan fingerprint density at radius 1 is 1.06 bits per heavy atom. The number of nitrogens with one attached hydrogen (secondary N) is 1. The van der Waals surface area contributed by atoms with Crippen molar-refractivity contribution < 1.29 is 18.0 Å². The summed E-state index contributed by atoms with van der Waals surface area (Å²) in [7, 11) is -3.80. The first-order chi connectivity index (χ1) is 16.2. The summed E-state index contributed by atoms with van der Waals surface area (Å²) in [6.45, 7) is 1.52. The van der Waals surface area contributed by atoms with Crippen molar-refractivity contribution in [3.8, 4) is 0 Å². The normalized spacial score (nSPS) is 15.0. The smallest absolute Gasteiger partial charge is 0.244 e. The van der Waals surface area contributed by atoms with E-state index in [9.17, 15) is 18.0 Å². The van der Waals surface area contributed by atoms with Crippen LogP contribution in [-0.4, -0.2) is 56.6 Å². The molecule has 0 aromatic heterocycles. The molecule has 0 bridgehead atoms. The molecule has 1 aliphatic rings. The molecule has 2 amide bonds. The lowest BCUT2D eigenvalue weighted by atomic mass is 10.1. The molecule has 7 nitrogen and oxygen atoms in total. The summed E-state index contributed by atoms with van der Waals surface area (Å²) in [5.74, 6) is -0.688. The molecule has 9 heteroatoms. The minimum absolute atomic E-state index is 0.122. The van der Waals surface area contributed by atoms with Gasteiger partial charge in [0.25, 0.3) is 0 Å². The Hall–Kier alpha value is -2.58. The van der Waals surface area contributed by atoms with Gasteiger partial charge in [0.1, 0.15) is 12.6 Å². The lowest BCUT2D eigenvalue weighted by Crippen LogP contribution is -2.53. The van der Waals surface area contributed by atoms with E-state index in [4.69, 9.17) is 11.6 Å². The van der Waals surface area contributed by atoms with E-state index in [1.807, 2.05) is 30.3 Å². The first-order valence-electron chi connectivity index (χ1n) is 11.5. The van der Waals surface area contributed by atoms with Crippen LogP contribution in [-0.2, 0) is 26.0 Å². The van der Waals surface area contributed by atoms with Crippen molar-refractivity contribution in [3.05, 3.63) is 65.2 Å². The zero-order valence-corrected chi connectivity index (χ0v) is 21.2. The number of amides is 2. The van der Waals surface area contributed by atoms with Crippen LogP contribution in [0.3, 0.4) is 0 Å². The number of nitrogens with zero attached hydrogens (tertiary/aromatic N) is 2. The van der Waals surface area contributed by atoms with Crippen LogP contribution < -0.4 is 9.62 Å². The summed E-state index contributed by atoms with van der Waals surface area (Å²) in [6.07, 6.45) is 5.61. The molecular weight excluding hydrogens is 474 g/mol. The van der Waals surface area contributed by atoms with E-state index in [1.165, 1.54) is 4.90 Å². The lowest BCUT2D eigenvalue weighted by Gasteiger charge is -2.32. The second kappa shape index (κ2) is 11.7. The van der Waals surface area contributed by atoms with Crippen LogP contribution in [0.4, 0.5) is 5.69 Å². The molecule has 1 unspecified atom stereocenters. The fraction of sp³-hybridized carbons (Fsp3) is 0.440. The van der Waals surface area contributed by atoms with Crippen molar-refractivity contribution in [2.75, 3.05) is 23.7 Å². The molecule has 0 aliphatic heterocycles. The van der Waals surface area contributed by atoms with Gasteiger partial charge in [-0.3, -0.25) is 13.9 Å². The van der Waals surface area contributed by atoms with Crippen LogP contribution >= 0.6 is 11.6 Å². The molecule has 0 saturated heterocycles. The van der Waals surface area contributed by atoms with E-state index in [2.05, 4.69) is 5.32 Å². The Morgan fingerprint density at radius 3 is 2.29 bits per heavy atom. The van der Waals surface area contributed by atoms with Crippen molar-refractivity contribution in [1.82, 2.24) is 10.2 Å². The van der Waals surface area contributed by atoms with Crippen LogP contribution in [0, 0.1) is 0 Å². The second-order valence-corrected chi connectivity index (χ2v) is 11.0. The van der Waals surface area contributed by atoms with Crippen molar-refractivity contribution in [1.29, 1.82) is 0 Å². The molecule has 34 heavy (non-hydrogen) atoms. The number of hydrogen-bond donors (Lipinski definition) is 1. The van der Waals surface area contributed by atoms with Crippen LogP contribution in [0.5, 0.6) is 0 Å². The molecule has 1 saturated carbocycles. The zero-order chi connectivity index (χ0) is 24.7. The summed E-state index contributed by atoms with van der Waals surface area (Å²) in [5, 5.41) is 3.28. The van der Waals surface area contributed by atoms with Crippen molar-refractivity contribution >= 4 is 39.1 Å². The second-order valence-electron chi connectivity index (χ2n) is 8.71. The molecule has 1 atom stereocenters. The molecule has 2 aromatic carbocycles. The highest BCUT2D eigenvalue weighted by atomic mass is 35.5. The summed E-state index contributed by atoms with van der Waals surface area (Å²) < 4.78 is 26.1. The van der Waals surface area contributed by atoms with Gasteiger partial charge < -0.3 is 10.2 Å². The van der Waals surface area contributed by atoms with Gasteiger partial charge in [0, 0.05) is 12.6 Å². The van der Waals surface area contributed by atoms with Crippen LogP contribution in [0.25, 0.3) is 0 Å². The van der Waals surface area contributed by atoms with Crippen molar-refractivity contribution in [2.24, 2.45) is 0 Å². The van der Waals surface area contributed by atoms with Crippen LogP contribution in [0.1, 0.15) is 38.2 Å². The van der Waals surface area contributed by atoms with Gasteiger partial charge in [0.15, 0.2) is 0 Å². The largest absolute Gasteiger partial charge is 0.352 e. The summed E-state index contributed by atoms with van der Waals surface area (Å²) in [4.78, 5) is 28.0. The Bertz CT molecular complexity index is 1090. The Morgan fingerprint density at radius 2 is 1.68 bits per heavy atom. The Labute approximate surface area is 207 Å². The van der Waals surface area contributed by atoms with E-state index >= 15 is 0 Å². The third-order valence-corrected chi connectivity index (χ3v) is 7.60. The van der Waals surface area contributed by atoms with Gasteiger partial charge in [-0.2, -0.15) is 0 Å². The average molecular weight is 506 g/mol. The van der Waals surface area contributed by atoms with Crippen LogP contribution in [0.15, 0.2) is 54.6 Å². The number of carbonyl (C=O) groups excluding carboxylic acids is 2. The van der Waals surface area contributed by atoms with E-state index in [0.717, 1.165) is 41.8 Å². The topological polar surface area (TPSA) is 86.8 Å². The SMILES string of the molecule is CC(C(=O)NC1CCCC1)N(CCc1ccccc1)C(=O)CN(c1ccccc1Cl)S(C)(=O)=O.